The third kappa shape index (κ3) is 2.56. The van der Waals surface area contributed by atoms with Crippen molar-refractivity contribution in [3.05, 3.63) is 57.5 Å². The molecule has 0 saturated carbocycles. The fraction of sp³-hybridized carbons (Fsp3) is 0.235. The van der Waals surface area contributed by atoms with Gasteiger partial charge >= 0.3 is 0 Å². The number of hydrogen-bond donors (Lipinski definition) is 1. The number of ether oxygens (including phenoxy) is 1. The highest BCUT2D eigenvalue weighted by molar-refractivity contribution is 7.17. The zero-order valence-electron chi connectivity index (χ0n) is 13.0. The Morgan fingerprint density at radius 1 is 1.42 bits per heavy atom. The highest BCUT2D eigenvalue weighted by atomic mass is 32.1. The topological polar surface area (TPSA) is 75.3 Å². The third-order valence-corrected chi connectivity index (χ3v) is 4.95. The van der Waals surface area contributed by atoms with E-state index in [1.54, 1.807) is 13.1 Å². The summed E-state index contributed by atoms with van der Waals surface area (Å²) in [6.07, 6.45) is 0.0383. The van der Waals surface area contributed by atoms with Gasteiger partial charge in [-0.1, -0.05) is 18.2 Å². The van der Waals surface area contributed by atoms with Gasteiger partial charge in [0.15, 0.2) is 6.10 Å². The molecule has 3 aromatic rings. The van der Waals surface area contributed by atoms with Crippen LogP contribution in [0.5, 0.6) is 5.75 Å². The molecule has 1 amide bonds. The third-order valence-electron chi connectivity index (χ3n) is 4.05. The SMILES string of the molecule is CN(Cc1nc2ccsc2c(=O)[nH]1)C(=O)C1Cc2ccccc2O1. The highest BCUT2D eigenvalue weighted by Crippen LogP contribution is 2.28. The standard InChI is InChI=1S/C17H15N3O3S/c1-20(9-14-18-11-6-7-24-15(11)16(21)19-14)17(22)13-8-10-4-2-3-5-12(10)23-13/h2-7,13H,8-9H2,1H3,(H,18,19,21). The van der Waals surface area contributed by atoms with Crippen LogP contribution in [0.4, 0.5) is 0 Å². The van der Waals surface area contributed by atoms with Crippen molar-refractivity contribution >= 4 is 27.5 Å². The molecular weight excluding hydrogens is 326 g/mol. The molecule has 0 radical (unpaired) electrons. The Morgan fingerprint density at radius 2 is 2.25 bits per heavy atom. The molecule has 24 heavy (non-hydrogen) atoms. The van der Waals surface area contributed by atoms with E-state index in [1.807, 2.05) is 29.6 Å². The molecule has 1 aliphatic rings. The lowest BCUT2D eigenvalue weighted by molar-refractivity contribution is -0.137. The van der Waals surface area contributed by atoms with E-state index < -0.39 is 6.10 Å². The first-order valence-electron chi connectivity index (χ1n) is 7.58. The summed E-state index contributed by atoms with van der Waals surface area (Å²) in [5.41, 5.74) is 1.52. The number of H-pyrrole nitrogens is 1. The van der Waals surface area contributed by atoms with Crippen LogP contribution in [0.3, 0.4) is 0 Å². The molecule has 1 aromatic carbocycles. The predicted octanol–water partition coefficient (Wildman–Crippen LogP) is 1.95. The van der Waals surface area contributed by atoms with Crippen molar-refractivity contribution in [1.82, 2.24) is 14.9 Å². The molecule has 1 unspecified atom stereocenters. The summed E-state index contributed by atoms with van der Waals surface area (Å²) in [5, 5.41) is 1.83. The van der Waals surface area contributed by atoms with E-state index in [2.05, 4.69) is 9.97 Å². The summed E-state index contributed by atoms with van der Waals surface area (Å²) >= 11 is 1.35. The van der Waals surface area contributed by atoms with Gasteiger partial charge in [-0.15, -0.1) is 11.3 Å². The van der Waals surface area contributed by atoms with Crippen molar-refractivity contribution in [3.63, 3.8) is 0 Å². The number of carbonyl (C=O) groups is 1. The number of para-hydroxylation sites is 1. The summed E-state index contributed by atoms with van der Waals surface area (Å²) in [7, 11) is 1.69. The molecule has 6 nitrogen and oxygen atoms in total. The monoisotopic (exact) mass is 341 g/mol. The van der Waals surface area contributed by atoms with Gasteiger partial charge in [0.1, 0.15) is 16.3 Å². The van der Waals surface area contributed by atoms with E-state index in [9.17, 15) is 9.59 Å². The van der Waals surface area contributed by atoms with Gasteiger partial charge in [-0.3, -0.25) is 9.59 Å². The Hall–Kier alpha value is -2.67. The molecule has 0 bridgehead atoms. The normalized spacial score (nSPS) is 16.0. The van der Waals surface area contributed by atoms with E-state index in [0.29, 0.717) is 22.5 Å². The number of fused-ring (bicyclic) bond motifs is 2. The minimum Gasteiger partial charge on any atom is -0.480 e. The first-order chi connectivity index (χ1) is 11.6. The lowest BCUT2D eigenvalue weighted by Crippen LogP contribution is -2.39. The molecule has 0 aliphatic carbocycles. The zero-order valence-corrected chi connectivity index (χ0v) is 13.8. The molecule has 0 saturated heterocycles. The van der Waals surface area contributed by atoms with Crippen LogP contribution < -0.4 is 10.3 Å². The molecule has 0 fully saturated rings. The molecule has 2 aromatic heterocycles. The summed E-state index contributed by atoms with van der Waals surface area (Å²) in [4.78, 5) is 33.3. The van der Waals surface area contributed by atoms with E-state index in [1.165, 1.54) is 16.2 Å². The second-order valence-corrected chi connectivity index (χ2v) is 6.68. The van der Waals surface area contributed by atoms with Crippen LogP contribution in [-0.2, 0) is 17.8 Å². The first-order valence-corrected chi connectivity index (χ1v) is 8.46. The van der Waals surface area contributed by atoms with Crippen molar-refractivity contribution in [3.8, 4) is 5.75 Å². The Morgan fingerprint density at radius 3 is 3.08 bits per heavy atom. The minimum atomic E-state index is -0.524. The fourth-order valence-electron chi connectivity index (χ4n) is 2.86. The van der Waals surface area contributed by atoms with E-state index >= 15 is 0 Å². The molecule has 1 N–H and O–H groups in total. The maximum atomic E-state index is 12.6. The molecule has 3 heterocycles. The number of carbonyl (C=O) groups excluding carboxylic acids is 1. The number of nitrogens with zero attached hydrogens (tertiary/aromatic N) is 2. The zero-order chi connectivity index (χ0) is 16.7. The number of likely N-dealkylation sites (N-methyl/N-ethyl adjacent to an activating group) is 1. The lowest BCUT2D eigenvalue weighted by Gasteiger charge is -2.20. The maximum Gasteiger partial charge on any atom is 0.268 e. The molecule has 122 valence electrons. The summed E-state index contributed by atoms with van der Waals surface area (Å²) in [6, 6.07) is 9.46. The molecule has 1 aliphatic heterocycles. The number of aromatic nitrogens is 2. The van der Waals surface area contributed by atoms with Crippen LogP contribution in [0.1, 0.15) is 11.4 Å². The number of aromatic amines is 1. The molecule has 1 atom stereocenters. The van der Waals surface area contributed by atoms with Gasteiger partial charge in [-0.25, -0.2) is 4.98 Å². The van der Waals surface area contributed by atoms with Gasteiger partial charge in [0.2, 0.25) is 0 Å². The summed E-state index contributed by atoms with van der Waals surface area (Å²) in [5.74, 6) is 1.10. The second-order valence-electron chi connectivity index (χ2n) is 5.76. The largest absolute Gasteiger partial charge is 0.480 e. The predicted molar refractivity (Wildman–Crippen MR) is 91.3 cm³/mol. The summed E-state index contributed by atoms with van der Waals surface area (Å²) < 4.78 is 6.33. The van der Waals surface area contributed by atoms with Crippen molar-refractivity contribution in [2.24, 2.45) is 0 Å². The van der Waals surface area contributed by atoms with Gasteiger partial charge in [-0.05, 0) is 23.1 Å². The first kappa shape index (κ1) is 14.9. The molecular formula is C17H15N3O3S. The Kier molecular flexibility index (Phi) is 3.57. The van der Waals surface area contributed by atoms with Gasteiger partial charge in [0.05, 0.1) is 12.1 Å². The second kappa shape index (κ2) is 5.76. The van der Waals surface area contributed by atoms with Crippen molar-refractivity contribution < 1.29 is 9.53 Å². The fourth-order valence-corrected chi connectivity index (χ4v) is 3.59. The Bertz CT molecular complexity index is 953. The Balaban J connectivity index is 1.50. The molecule has 7 heteroatoms. The molecule has 4 rings (SSSR count). The Labute approximate surface area is 141 Å². The number of nitrogens with one attached hydrogen (secondary N) is 1. The van der Waals surface area contributed by atoms with Crippen LogP contribution in [-0.4, -0.2) is 33.9 Å². The number of benzene rings is 1. The average Bonchev–Trinajstić information content (AvgIpc) is 3.20. The summed E-state index contributed by atoms with van der Waals surface area (Å²) in [6.45, 7) is 0.232. The maximum absolute atomic E-state index is 12.6. The van der Waals surface area contributed by atoms with Crippen LogP contribution in [0.2, 0.25) is 0 Å². The minimum absolute atomic E-state index is 0.126. The van der Waals surface area contributed by atoms with E-state index in [-0.39, 0.29) is 18.0 Å². The van der Waals surface area contributed by atoms with E-state index in [4.69, 9.17) is 4.74 Å². The van der Waals surface area contributed by atoms with Crippen molar-refractivity contribution in [1.29, 1.82) is 0 Å². The van der Waals surface area contributed by atoms with Crippen LogP contribution in [0.15, 0.2) is 40.5 Å². The quantitative estimate of drug-likeness (QED) is 0.790. The van der Waals surface area contributed by atoms with Crippen LogP contribution >= 0.6 is 11.3 Å². The molecule has 0 spiro atoms. The van der Waals surface area contributed by atoms with Crippen molar-refractivity contribution in [2.45, 2.75) is 19.1 Å². The van der Waals surface area contributed by atoms with E-state index in [0.717, 1.165) is 11.3 Å². The average molecular weight is 341 g/mol. The smallest absolute Gasteiger partial charge is 0.268 e. The van der Waals surface area contributed by atoms with Crippen LogP contribution in [0, 0.1) is 0 Å². The number of amides is 1. The van der Waals surface area contributed by atoms with Gasteiger partial charge < -0.3 is 14.6 Å². The van der Waals surface area contributed by atoms with Gasteiger partial charge in [0.25, 0.3) is 11.5 Å². The number of thiophene rings is 1. The number of hydrogen-bond acceptors (Lipinski definition) is 5. The van der Waals surface area contributed by atoms with Gasteiger partial charge in [0, 0.05) is 13.5 Å². The highest BCUT2D eigenvalue weighted by Gasteiger charge is 2.31. The van der Waals surface area contributed by atoms with Crippen molar-refractivity contribution in [2.75, 3.05) is 7.05 Å². The lowest BCUT2D eigenvalue weighted by atomic mass is 10.1. The van der Waals surface area contributed by atoms with Crippen LogP contribution in [0.25, 0.3) is 10.2 Å². The number of rotatable bonds is 3. The van der Waals surface area contributed by atoms with Gasteiger partial charge in [-0.2, -0.15) is 0 Å².